The van der Waals surface area contributed by atoms with Gasteiger partial charge >= 0.3 is 0 Å². The third kappa shape index (κ3) is 1.88. The summed E-state index contributed by atoms with van der Waals surface area (Å²) >= 11 is 0. The molecular weight excluding hydrogens is 188 g/mol. The number of aromatic nitrogens is 2. The zero-order valence-electron chi connectivity index (χ0n) is 9.45. The fourth-order valence-corrected chi connectivity index (χ4v) is 1.67. The van der Waals surface area contributed by atoms with Gasteiger partial charge in [0.1, 0.15) is 12.4 Å². The molecule has 0 N–H and O–H groups in total. The van der Waals surface area contributed by atoms with Crippen molar-refractivity contribution in [3.05, 3.63) is 29.6 Å². The zero-order valence-corrected chi connectivity index (χ0v) is 9.45. The Labute approximate surface area is 89.7 Å². The Kier molecular flexibility index (Phi) is 2.73. The smallest absolute Gasteiger partial charge is 0.135 e. The highest BCUT2D eigenvalue weighted by Gasteiger charge is 2.06. The Balaban J connectivity index is 2.45. The van der Waals surface area contributed by atoms with Crippen LogP contribution >= 0.6 is 0 Å². The van der Waals surface area contributed by atoms with E-state index < -0.39 is 0 Å². The second-order valence-electron chi connectivity index (χ2n) is 3.72. The van der Waals surface area contributed by atoms with Gasteiger partial charge in [-0.05, 0) is 31.5 Å². The van der Waals surface area contributed by atoms with Crippen LogP contribution in [0.5, 0.6) is 0 Å². The number of fused-ring (bicyclic) bond motifs is 1. The van der Waals surface area contributed by atoms with Crippen molar-refractivity contribution >= 4 is 11.0 Å². The van der Waals surface area contributed by atoms with E-state index in [4.69, 9.17) is 4.74 Å². The van der Waals surface area contributed by atoms with E-state index >= 15 is 0 Å². The number of hydrogen-bond donors (Lipinski definition) is 0. The molecule has 2 rings (SSSR count). The van der Waals surface area contributed by atoms with Gasteiger partial charge in [0.05, 0.1) is 11.0 Å². The summed E-state index contributed by atoms with van der Waals surface area (Å²) < 4.78 is 7.47. The summed E-state index contributed by atoms with van der Waals surface area (Å²) in [6.45, 7) is 5.39. The van der Waals surface area contributed by atoms with Gasteiger partial charge in [0.15, 0.2) is 0 Å². The van der Waals surface area contributed by atoms with E-state index in [0.717, 1.165) is 17.9 Å². The van der Waals surface area contributed by atoms with Crippen molar-refractivity contribution in [1.29, 1.82) is 0 Å². The number of hydrogen-bond acceptors (Lipinski definition) is 2. The second kappa shape index (κ2) is 4.03. The number of aryl methyl sites for hydroxylation is 2. The van der Waals surface area contributed by atoms with Gasteiger partial charge in [-0.1, -0.05) is 6.07 Å². The number of imidazole rings is 1. The van der Waals surface area contributed by atoms with E-state index in [2.05, 4.69) is 34.7 Å². The van der Waals surface area contributed by atoms with Crippen molar-refractivity contribution in [3.63, 3.8) is 0 Å². The van der Waals surface area contributed by atoms with Gasteiger partial charge in [-0.2, -0.15) is 0 Å². The molecule has 3 heteroatoms. The second-order valence-corrected chi connectivity index (χ2v) is 3.72. The highest BCUT2D eigenvalue weighted by molar-refractivity contribution is 5.76. The summed E-state index contributed by atoms with van der Waals surface area (Å²) in [5.41, 5.74) is 3.47. The van der Waals surface area contributed by atoms with E-state index in [1.54, 1.807) is 0 Å². The Hall–Kier alpha value is -1.35. The summed E-state index contributed by atoms with van der Waals surface area (Å²) in [5.74, 6) is 0.984. The lowest BCUT2D eigenvalue weighted by molar-refractivity contribution is 0.126. The molecule has 0 saturated heterocycles. The lowest BCUT2D eigenvalue weighted by Crippen LogP contribution is -2.00. The first-order valence-electron chi connectivity index (χ1n) is 5.22. The molecule has 1 heterocycles. The minimum absolute atomic E-state index is 0.584. The van der Waals surface area contributed by atoms with Gasteiger partial charge in [-0.15, -0.1) is 0 Å². The van der Waals surface area contributed by atoms with E-state index in [0.29, 0.717) is 6.61 Å². The molecule has 0 aliphatic carbocycles. The molecule has 0 fully saturated rings. The summed E-state index contributed by atoms with van der Waals surface area (Å²) in [6, 6.07) is 6.29. The summed E-state index contributed by atoms with van der Waals surface area (Å²) in [5, 5.41) is 0. The van der Waals surface area contributed by atoms with Crippen molar-refractivity contribution in [2.24, 2.45) is 7.05 Å². The average molecular weight is 204 g/mol. The summed E-state index contributed by atoms with van der Waals surface area (Å²) in [7, 11) is 2.03. The summed E-state index contributed by atoms with van der Waals surface area (Å²) in [4.78, 5) is 4.53. The Bertz CT molecular complexity index is 474. The van der Waals surface area contributed by atoms with E-state index in [9.17, 15) is 0 Å². The maximum absolute atomic E-state index is 5.38. The van der Waals surface area contributed by atoms with E-state index in [1.807, 2.05) is 14.0 Å². The van der Waals surface area contributed by atoms with Gasteiger partial charge in [-0.3, -0.25) is 0 Å². The van der Waals surface area contributed by atoms with Crippen LogP contribution in [-0.4, -0.2) is 16.2 Å². The fraction of sp³-hybridized carbons (Fsp3) is 0.417. The maximum Gasteiger partial charge on any atom is 0.135 e. The van der Waals surface area contributed by atoms with Crippen LogP contribution in [0.3, 0.4) is 0 Å². The third-order valence-electron chi connectivity index (χ3n) is 2.56. The SMILES string of the molecule is CCOCc1nc2ccc(C)cc2n1C. The number of rotatable bonds is 3. The monoisotopic (exact) mass is 204 g/mol. The van der Waals surface area contributed by atoms with Gasteiger partial charge in [0.2, 0.25) is 0 Å². The fourth-order valence-electron chi connectivity index (χ4n) is 1.67. The van der Waals surface area contributed by atoms with Crippen molar-refractivity contribution in [2.45, 2.75) is 20.5 Å². The van der Waals surface area contributed by atoms with Gasteiger partial charge < -0.3 is 9.30 Å². The van der Waals surface area contributed by atoms with Gasteiger partial charge in [0, 0.05) is 13.7 Å². The molecule has 2 aromatic rings. The van der Waals surface area contributed by atoms with Crippen molar-refractivity contribution in [3.8, 4) is 0 Å². The van der Waals surface area contributed by atoms with Gasteiger partial charge in [-0.25, -0.2) is 4.98 Å². The van der Waals surface area contributed by atoms with E-state index in [1.165, 1.54) is 11.1 Å². The standard InChI is InChI=1S/C12H16N2O/c1-4-15-8-12-13-10-6-5-9(2)7-11(10)14(12)3/h5-7H,4,8H2,1-3H3. The molecule has 0 aliphatic rings. The predicted octanol–water partition coefficient (Wildman–Crippen LogP) is 2.42. The molecule has 80 valence electrons. The van der Waals surface area contributed by atoms with Crippen LogP contribution in [0.15, 0.2) is 18.2 Å². The van der Waals surface area contributed by atoms with E-state index in [-0.39, 0.29) is 0 Å². The molecule has 0 radical (unpaired) electrons. The molecule has 0 unspecified atom stereocenters. The minimum Gasteiger partial charge on any atom is -0.374 e. The van der Waals surface area contributed by atoms with Crippen LogP contribution < -0.4 is 0 Å². The molecule has 0 aliphatic heterocycles. The quantitative estimate of drug-likeness (QED) is 0.767. The minimum atomic E-state index is 0.584. The summed E-state index contributed by atoms with van der Waals surface area (Å²) in [6.07, 6.45) is 0. The van der Waals surface area contributed by atoms with Crippen LogP contribution in [0.25, 0.3) is 11.0 Å². The predicted molar refractivity (Wildman–Crippen MR) is 60.8 cm³/mol. The topological polar surface area (TPSA) is 27.1 Å². The molecule has 1 aromatic heterocycles. The molecule has 0 bridgehead atoms. The average Bonchev–Trinajstić information content (AvgIpc) is 2.53. The maximum atomic E-state index is 5.38. The van der Waals surface area contributed by atoms with Gasteiger partial charge in [0.25, 0.3) is 0 Å². The Morgan fingerprint density at radius 3 is 2.93 bits per heavy atom. The number of nitrogens with zero attached hydrogens (tertiary/aromatic N) is 2. The number of ether oxygens (including phenoxy) is 1. The largest absolute Gasteiger partial charge is 0.374 e. The first-order valence-corrected chi connectivity index (χ1v) is 5.22. The zero-order chi connectivity index (χ0) is 10.8. The molecule has 0 atom stereocenters. The molecular formula is C12H16N2O. The van der Waals surface area contributed by atoms with Crippen LogP contribution in [0, 0.1) is 6.92 Å². The molecule has 15 heavy (non-hydrogen) atoms. The molecule has 3 nitrogen and oxygen atoms in total. The van der Waals surface area contributed by atoms with Crippen LogP contribution in [0.1, 0.15) is 18.3 Å². The first-order chi connectivity index (χ1) is 7.22. The van der Waals surface area contributed by atoms with Crippen molar-refractivity contribution < 1.29 is 4.74 Å². The van der Waals surface area contributed by atoms with Crippen LogP contribution in [0.2, 0.25) is 0 Å². The van der Waals surface area contributed by atoms with Crippen LogP contribution in [0.4, 0.5) is 0 Å². The lowest BCUT2D eigenvalue weighted by Gasteiger charge is -2.02. The Morgan fingerprint density at radius 1 is 1.40 bits per heavy atom. The lowest BCUT2D eigenvalue weighted by atomic mass is 10.2. The Morgan fingerprint density at radius 2 is 2.20 bits per heavy atom. The highest BCUT2D eigenvalue weighted by Crippen LogP contribution is 2.16. The molecule has 0 amide bonds. The van der Waals surface area contributed by atoms with Crippen molar-refractivity contribution in [2.75, 3.05) is 6.61 Å². The third-order valence-corrected chi connectivity index (χ3v) is 2.56. The molecule has 0 saturated carbocycles. The molecule has 0 spiro atoms. The first kappa shape index (κ1) is 10.2. The highest BCUT2D eigenvalue weighted by atomic mass is 16.5. The normalized spacial score (nSPS) is 11.1. The van der Waals surface area contributed by atoms with Crippen LogP contribution in [-0.2, 0) is 18.4 Å². The van der Waals surface area contributed by atoms with Crippen molar-refractivity contribution in [1.82, 2.24) is 9.55 Å². The molecule has 1 aromatic carbocycles. The number of benzene rings is 1.